The molecule has 2 N–H and O–H groups in total. The molecule has 2 atom stereocenters. The molecule has 1 aromatic carbocycles. The van der Waals surface area contributed by atoms with E-state index in [1.807, 2.05) is 24.3 Å². The Hall–Kier alpha value is -1.81. The lowest BCUT2D eigenvalue weighted by molar-refractivity contribution is -0.118. The van der Waals surface area contributed by atoms with Crippen molar-refractivity contribution in [3.05, 3.63) is 35.9 Å². The lowest BCUT2D eigenvalue weighted by atomic mass is 10.1. The van der Waals surface area contributed by atoms with Gasteiger partial charge in [-0.3, -0.25) is 4.79 Å². The van der Waals surface area contributed by atoms with Crippen LogP contribution < -0.4 is 10.1 Å². The molecule has 114 valence electrons. The third kappa shape index (κ3) is 4.60. The third-order valence-electron chi connectivity index (χ3n) is 3.86. The van der Waals surface area contributed by atoms with Gasteiger partial charge < -0.3 is 15.2 Å². The highest BCUT2D eigenvalue weighted by molar-refractivity contribution is 5.92. The Balaban J connectivity index is 1.95. The van der Waals surface area contributed by atoms with Gasteiger partial charge >= 0.3 is 0 Å². The number of hydrogen-bond acceptors (Lipinski definition) is 3. The number of carbonyl (C=O) groups excluding carboxylic acids is 1. The van der Waals surface area contributed by atoms with E-state index in [2.05, 4.69) is 5.32 Å². The number of aliphatic hydroxyl groups is 1. The Bertz CT molecular complexity index is 499. The Kier molecular flexibility index (Phi) is 5.81. The molecule has 2 unspecified atom stereocenters. The van der Waals surface area contributed by atoms with Gasteiger partial charge in [0.25, 0.3) is 0 Å². The van der Waals surface area contributed by atoms with Crippen molar-refractivity contribution in [2.75, 3.05) is 7.11 Å². The van der Waals surface area contributed by atoms with Crippen molar-refractivity contribution in [2.45, 2.75) is 44.2 Å². The molecule has 1 fully saturated rings. The van der Waals surface area contributed by atoms with Gasteiger partial charge in [0.05, 0.1) is 19.3 Å². The lowest BCUT2D eigenvalue weighted by Crippen LogP contribution is -2.41. The molecule has 0 heterocycles. The first-order valence-electron chi connectivity index (χ1n) is 7.50. The quantitative estimate of drug-likeness (QED) is 0.661. The molecular formula is C17H23NO3. The molecule has 2 rings (SSSR count). The molecule has 0 radical (unpaired) electrons. The molecule has 1 amide bonds. The van der Waals surface area contributed by atoms with Gasteiger partial charge in [-0.05, 0) is 25.0 Å². The van der Waals surface area contributed by atoms with E-state index in [0.717, 1.165) is 43.4 Å². The highest BCUT2D eigenvalue weighted by Gasteiger charge is 2.22. The van der Waals surface area contributed by atoms with Crippen LogP contribution in [0.1, 0.15) is 37.7 Å². The Morgan fingerprint density at radius 2 is 2.05 bits per heavy atom. The van der Waals surface area contributed by atoms with Gasteiger partial charge in [0.1, 0.15) is 5.75 Å². The van der Waals surface area contributed by atoms with E-state index in [1.54, 1.807) is 13.2 Å². The van der Waals surface area contributed by atoms with E-state index in [4.69, 9.17) is 4.74 Å². The second-order valence-corrected chi connectivity index (χ2v) is 5.40. The highest BCUT2D eigenvalue weighted by Crippen LogP contribution is 2.19. The van der Waals surface area contributed by atoms with Gasteiger partial charge in [-0.2, -0.15) is 0 Å². The number of methoxy groups -OCH3 is 1. The van der Waals surface area contributed by atoms with Crippen molar-refractivity contribution < 1.29 is 14.6 Å². The maximum absolute atomic E-state index is 12.0. The van der Waals surface area contributed by atoms with Crippen LogP contribution in [-0.2, 0) is 4.79 Å². The van der Waals surface area contributed by atoms with Gasteiger partial charge in [0.2, 0.25) is 5.91 Å². The van der Waals surface area contributed by atoms with Crippen molar-refractivity contribution in [2.24, 2.45) is 0 Å². The molecule has 1 saturated carbocycles. The number of aliphatic hydroxyl groups excluding tert-OH is 1. The zero-order valence-electron chi connectivity index (χ0n) is 12.4. The number of carbonyl (C=O) groups is 1. The van der Waals surface area contributed by atoms with Crippen LogP contribution in [0.15, 0.2) is 30.3 Å². The van der Waals surface area contributed by atoms with E-state index < -0.39 is 6.10 Å². The summed E-state index contributed by atoms with van der Waals surface area (Å²) in [5.74, 6) is 0.558. The molecule has 1 aliphatic rings. The Morgan fingerprint density at radius 1 is 1.29 bits per heavy atom. The SMILES string of the molecule is COc1ccccc1/C=C/C(=O)NC1CCCCCC1O. The summed E-state index contributed by atoms with van der Waals surface area (Å²) < 4.78 is 5.24. The molecule has 21 heavy (non-hydrogen) atoms. The summed E-state index contributed by atoms with van der Waals surface area (Å²) >= 11 is 0. The van der Waals surface area contributed by atoms with E-state index >= 15 is 0 Å². The van der Waals surface area contributed by atoms with Crippen LogP contribution in [0.4, 0.5) is 0 Å². The van der Waals surface area contributed by atoms with Crippen LogP contribution in [0.3, 0.4) is 0 Å². The average Bonchev–Trinajstić information content (AvgIpc) is 2.70. The fourth-order valence-corrected chi connectivity index (χ4v) is 2.66. The van der Waals surface area contributed by atoms with Crippen molar-refractivity contribution in [1.29, 1.82) is 0 Å². The third-order valence-corrected chi connectivity index (χ3v) is 3.86. The summed E-state index contributed by atoms with van der Waals surface area (Å²) in [5.41, 5.74) is 0.858. The minimum Gasteiger partial charge on any atom is -0.496 e. The molecule has 0 aromatic heterocycles. The number of nitrogens with one attached hydrogen (secondary N) is 1. The standard InChI is InChI=1S/C17H23NO3/c1-21-16-10-6-5-7-13(16)11-12-17(20)18-14-8-3-2-4-9-15(14)19/h5-7,10-12,14-15,19H,2-4,8-9H2,1H3,(H,18,20)/b12-11+. The summed E-state index contributed by atoms with van der Waals surface area (Å²) in [4.78, 5) is 12.0. The van der Waals surface area contributed by atoms with Crippen LogP contribution in [0.2, 0.25) is 0 Å². The first kappa shape index (κ1) is 15.6. The zero-order chi connectivity index (χ0) is 15.1. The van der Waals surface area contributed by atoms with E-state index in [1.165, 1.54) is 6.08 Å². The Morgan fingerprint density at radius 3 is 2.86 bits per heavy atom. The second kappa shape index (κ2) is 7.84. The largest absolute Gasteiger partial charge is 0.496 e. The monoisotopic (exact) mass is 289 g/mol. The van der Waals surface area contributed by atoms with Crippen LogP contribution >= 0.6 is 0 Å². The van der Waals surface area contributed by atoms with E-state index in [0.29, 0.717) is 0 Å². The first-order chi connectivity index (χ1) is 10.2. The first-order valence-corrected chi connectivity index (χ1v) is 7.50. The van der Waals surface area contributed by atoms with Crippen LogP contribution in [0, 0.1) is 0 Å². The van der Waals surface area contributed by atoms with Gasteiger partial charge in [-0.15, -0.1) is 0 Å². The predicted octanol–water partition coefficient (Wildman–Crippen LogP) is 2.52. The summed E-state index contributed by atoms with van der Waals surface area (Å²) in [6.45, 7) is 0. The number of rotatable bonds is 4. The minimum atomic E-state index is -0.434. The maximum Gasteiger partial charge on any atom is 0.244 e. The summed E-state index contributed by atoms with van der Waals surface area (Å²) in [5, 5.41) is 12.9. The van der Waals surface area contributed by atoms with Crippen molar-refractivity contribution >= 4 is 12.0 Å². The molecule has 0 bridgehead atoms. The molecule has 0 aliphatic heterocycles. The number of ether oxygens (including phenoxy) is 1. The van der Waals surface area contributed by atoms with Crippen LogP contribution in [0.5, 0.6) is 5.75 Å². The zero-order valence-corrected chi connectivity index (χ0v) is 12.4. The van der Waals surface area contributed by atoms with Crippen molar-refractivity contribution in [3.8, 4) is 5.75 Å². The number of para-hydroxylation sites is 1. The number of benzene rings is 1. The molecule has 1 aliphatic carbocycles. The normalized spacial score (nSPS) is 22.8. The predicted molar refractivity (Wildman–Crippen MR) is 83.1 cm³/mol. The van der Waals surface area contributed by atoms with Gasteiger partial charge in [0, 0.05) is 11.6 Å². The molecule has 4 heteroatoms. The number of amides is 1. The van der Waals surface area contributed by atoms with E-state index in [-0.39, 0.29) is 11.9 Å². The smallest absolute Gasteiger partial charge is 0.244 e. The second-order valence-electron chi connectivity index (χ2n) is 5.40. The van der Waals surface area contributed by atoms with Gasteiger partial charge in [-0.25, -0.2) is 0 Å². The Labute approximate surface area is 125 Å². The molecular weight excluding hydrogens is 266 g/mol. The van der Waals surface area contributed by atoms with Crippen LogP contribution in [0.25, 0.3) is 6.08 Å². The van der Waals surface area contributed by atoms with E-state index in [9.17, 15) is 9.90 Å². The van der Waals surface area contributed by atoms with Gasteiger partial charge in [-0.1, -0.05) is 37.5 Å². The molecule has 0 spiro atoms. The minimum absolute atomic E-state index is 0.137. The molecule has 4 nitrogen and oxygen atoms in total. The average molecular weight is 289 g/mol. The fourth-order valence-electron chi connectivity index (χ4n) is 2.66. The summed E-state index contributed by atoms with van der Waals surface area (Å²) in [6, 6.07) is 7.39. The fraction of sp³-hybridized carbons (Fsp3) is 0.471. The lowest BCUT2D eigenvalue weighted by Gasteiger charge is -2.20. The van der Waals surface area contributed by atoms with Crippen LogP contribution in [-0.4, -0.2) is 30.3 Å². The molecule has 0 saturated heterocycles. The topological polar surface area (TPSA) is 58.6 Å². The van der Waals surface area contributed by atoms with Gasteiger partial charge in [0.15, 0.2) is 0 Å². The van der Waals surface area contributed by atoms with Crippen molar-refractivity contribution in [3.63, 3.8) is 0 Å². The summed E-state index contributed by atoms with van der Waals surface area (Å²) in [6.07, 6.45) is 7.61. The maximum atomic E-state index is 12.0. The highest BCUT2D eigenvalue weighted by atomic mass is 16.5. The van der Waals surface area contributed by atoms with Crippen molar-refractivity contribution in [1.82, 2.24) is 5.32 Å². The molecule has 1 aromatic rings. The number of hydrogen-bond donors (Lipinski definition) is 2. The summed E-state index contributed by atoms with van der Waals surface area (Å²) in [7, 11) is 1.61.